The molecule has 0 N–H and O–H groups in total. The second-order valence-corrected chi connectivity index (χ2v) is 5.14. The summed E-state index contributed by atoms with van der Waals surface area (Å²) in [5.41, 5.74) is 1.14. The Hall–Kier alpha value is -2.15. The first-order valence-electron chi connectivity index (χ1n) is 5.65. The smallest absolute Gasteiger partial charge is 0.278 e. The topological polar surface area (TPSA) is 75.8 Å². The van der Waals surface area contributed by atoms with Crippen molar-refractivity contribution >= 4 is 34.6 Å². The number of nitro benzene ring substituents is 1. The molecule has 0 aromatic heterocycles. The highest BCUT2D eigenvalue weighted by Crippen LogP contribution is 2.28. The van der Waals surface area contributed by atoms with Gasteiger partial charge in [0.05, 0.1) is 4.92 Å². The van der Waals surface area contributed by atoms with E-state index in [1.165, 1.54) is 12.1 Å². The van der Waals surface area contributed by atoms with Crippen LogP contribution in [-0.2, 0) is 4.79 Å². The molecule has 0 saturated carbocycles. The van der Waals surface area contributed by atoms with Crippen LogP contribution in [-0.4, -0.2) is 33.2 Å². The molecule has 3 rings (SSSR count). The number of non-ortho nitro benzene ring substituents is 1. The van der Waals surface area contributed by atoms with Gasteiger partial charge in [-0.2, -0.15) is 0 Å². The van der Waals surface area contributed by atoms with E-state index < -0.39 is 4.92 Å². The number of thioether (sulfide) groups is 1. The lowest BCUT2D eigenvalue weighted by Crippen LogP contribution is -2.26. The summed E-state index contributed by atoms with van der Waals surface area (Å²) in [7, 11) is 0. The number of benzene rings is 1. The van der Waals surface area contributed by atoms with Crippen LogP contribution in [0.3, 0.4) is 0 Å². The molecular weight excluding hydrogens is 266 g/mol. The Morgan fingerprint density at radius 1 is 1.37 bits per heavy atom. The van der Waals surface area contributed by atoms with Crippen molar-refractivity contribution in [3.05, 3.63) is 45.6 Å². The minimum Gasteiger partial charge on any atom is -0.285 e. The van der Waals surface area contributed by atoms with Gasteiger partial charge >= 0.3 is 0 Å². The van der Waals surface area contributed by atoms with E-state index in [1.54, 1.807) is 34.9 Å². The zero-order chi connectivity index (χ0) is 13.4. The Bertz CT molecular complexity index is 622. The maximum Gasteiger partial charge on any atom is 0.278 e. The van der Waals surface area contributed by atoms with Crippen LogP contribution in [0.2, 0.25) is 0 Å². The summed E-state index contributed by atoms with van der Waals surface area (Å²) in [6, 6.07) is 6.04. The third-order valence-electron chi connectivity index (χ3n) is 2.86. The van der Waals surface area contributed by atoms with Crippen molar-refractivity contribution in [2.45, 2.75) is 0 Å². The van der Waals surface area contributed by atoms with Crippen molar-refractivity contribution in [2.24, 2.45) is 4.99 Å². The second-order valence-electron chi connectivity index (χ2n) is 4.08. The van der Waals surface area contributed by atoms with E-state index in [1.807, 2.05) is 0 Å². The summed E-state index contributed by atoms with van der Waals surface area (Å²) in [6.07, 6.45) is 1.65. The number of rotatable bonds is 2. The van der Waals surface area contributed by atoms with E-state index >= 15 is 0 Å². The molecule has 0 bridgehead atoms. The summed E-state index contributed by atoms with van der Waals surface area (Å²) < 4.78 is 0. The van der Waals surface area contributed by atoms with Crippen LogP contribution in [0, 0.1) is 10.1 Å². The highest BCUT2D eigenvalue weighted by Gasteiger charge is 2.33. The summed E-state index contributed by atoms with van der Waals surface area (Å²) in [4.78, 5) is 28.0. The highest BCUT2D eigenvalue weighted by atomic mass is 32.2. The van der Waals surface area contributed by atoms with Crippen molar-refractivity contribution in [2.75, 3.05) is 12.3 Å². The van der Waals surface area contributed by atoms with E-state index in [0.717, 1.165) is 16.5 Å². The van der Waals surface area contributed by atoms with Crippen LogP contribution in [0.15, 0.2) is 35.0 Å². The van der Waals surface area contributed by atoms with Gasteiger partial charge in [-0.15, -0.1) is 0 Å². The lowest BCUT2D eigenvalue weighted by Gasteiger charge is -2.05. The van der Waals surface area contributed by atoms with Crippen molar-refractivity contribution in [3.63, 3.8) is 0 Å². The number of amides is 1. The predicted molar refractivity (Wildman–Crippen MR) is 72.7 cm³/mol. The summed E-state index contributed by atoms with van der Waals surface area (Å²) in [6.45, 7) is 0.694. The molecule has 0 atom stereocenters. The Kier molecular flexibility index (Phi) is 2.83. The molecule has 2 aliphatic rings. The first-order chi connectivity index (χ1) is 9.15. The van der Waals surface area contributed by atoms with Gasteiger partial charge in [0.15, 0.2) is 5.17 Å². The zero-order valence-electron chi connectivity index (χ0n) is 9.78. The second kappa shape index (κ2) is 4.51. The van der Waals surface area contributed by atoms with E-state index in [2.05, 4.69) is 4.99 Å². The fourth-order valence-corrected chi connectivity index (χ4v) is 2.87. The molecule has 96 valence electrons. The molecular formula is C12H9N3O3S. The molecule has 7 heteroatoms. The summed E-state index contributed by atoms with van der Waals surface area (Å²) in [5, 5.41) is 11.3. The van der Waals surface area contributed by atoms with Crippen molar-refractivity contribution in [1.29, 1.82) is 0 Å². The third-order valence-corrected chi connectivity index (χ3v) is 3.82. The highest BCUT2D eigenvalue weighted by molar-refractivity contribution is 8.14. The van der Waals surface area contributed by atoms with E-state index in [0.29, 0.717) is 12.2 Å². The molecule has 1 aromatic rings. The fraction of sp³-hybridized carbons (Fsp3) is 0.167. The Balaban J connectivity index is 1.88. The van der Waals surface area contributed by atoms with Crippen LogP contribution in [0.4, 0.5) is 5.69 Å². The lowest BCUT2D eigenvalue weighted by atomic mass is 10.1. The van der Waals surface area contributed by atoms with Gasteiger partial charge < -0.3 is 0 Å². The molecule has 1 fully saturated rings. The van der Waals surface area contributed by atoms with Gasteiger partial charge in [-0.05, 0) is 23.8 Å². The first-order valence-corrected chi connectivity index (χ1v) is 6.63. The van der Waals surface area contributed by atoms with E-state index in [-0.39, 0.29) is 11.6 Å². The van der Waals surface area contributed by atoms with E-state index in [9.17, 15) is 14.9 Å². The molecule has 6 nitrogen and oxygen atoms in total. The Morgan fingerprint density at radius 2 is 2.11 bits per heavy atom. The average molecular weight is 275 g/mol. The standard InChI is InChI=1S/C12H9N3O3S/c16-11-10(13-12-14(11)5-6-19-12)7-8-1-3-9(4-2-8)15(17)18/h1-4,7H,5-6H2/b10-7+. The number of nitrogens with zero attached hydrogens (tertiary/aromatic N) is 3. The van der Waals surface area contributed by atoms with Gasteiger partial charge in [0.2, 0.25) is 0 Å². The van der Waals surface area contributed by atoms with E-state index in [4.69, 9.17) is 0 Å². The number of hydrogen-bond donors (Lipinski definition) is 0. The molecule has 0 spiro atoms. The molecule has 0 aliphatic carbocycles. The molecule has 2 aliphatic heterocycles. The van der Waals surface area contributed by atoms with Gasteiger partial charge in [-0.3, -0.25) is 19.8 Å². The number of fused-ring (bicyclic) bond motifs is 1. The van der Waals surface area contributed by atoms with Crippen LogP contribution in [0.1, 0.15) is 5.56 Å². The molecule has 19 heavy (non-hydrogen) atoms. The Morgan fingerprint density at radius 3 is 2.74 bits per heavy atom. The third kappa shape index (κ3) is 2.12. The number of carbonyl (C=O) groups is 1. The van der Waals surface area contributed by atoms with Gasteiger partial charge in [0, 0.05) is 24.4 Å². The summed E-state index contributed by atoms with van der Waals surface area (Å²) >= 11 is 1.56. The number of carbonyl (C=O) groups excluding carboxylic acids is 1. The van der Waals surface area contributed by atoms with Crippen molar-refractivity contribution in [3.8, 4) is 0 Å². The first kappa shape index (κ1) is 11.9. The molecule has 0 radical (unpaired) electrons. The quantitative estimate of drug-likeness (QED) is 0.469. The fourth-order valence-electron chi connectivity index (χ4n) is 1.92. The minimum atomic E-state index is -0.454. The van der Waals surface area contributed by atoms with Gasteiger partial charge in [0.1, 0.15) is 5.70 Å². The number of amidine groups is 1. The van der Waals surface area contributed by atoms with Crippen LogP contribution >= 0.6 is 11.8 Å². The van der Waals surface area contributed by atoms with Gasteiger partial charge in [-0.25, -0.2) is 4.99 Å². The van der Waals surface area contributed by atoms with Gasteiger partial charge in [0.25, 0.3) is 11.6 Å². The van der Waals surface area contributed by atoms with Crippen LogP contribution in [0.25, 0.3) is 6.08 Å². The Labute approximate surface area is 113 Å². The van der Waals surface area contributed by atoms with Gasteiger partial charge in [-0.1, -0.05) is 11.8 Å². The zero-order valence-corrected chi connectivity index (χ0v) is 10.6. The molecule has 0 unspecified atom stereocenters. The van der Waals surface area contributed by atoms with Crippen molar-refractivity contribution < 1.29 is 9.72 Å². The number of hydrogen-bond acceptors (Lipinski definition) is 5. The van der Waals surface area contributed by atoms with Crippen molar-refractivity contribution in [1.82, 2.24) is 4.90 Å². The molecule has 1 amide bonds. The number of nitro groups is 1. The predicted octanol–water partition coefficient (Wildman–Crippen LogP) is 1.88. The SMILES string of the molecule is O=C1/C(=C\c2ccc([N+](=O)[O-])cc2)N=C2SCCN12. The summed E-state index contributed by atoms with van der Waals surface area (Å²) in [5.74, 6) is 0.786. The maximum atomic E-state index is 12.0. The minimum absolute atomic E-state index is 0.0300. The average Bonchev–Trinajstić information content (AvgIpc) is 2.95. The van der Waals surface area contributed by atoms with Crippen LogP contribution < -0.4 is 0 Å². The largest absolute Gasteiger partial charge is 0.285 e. The molecule has 1 saturated heterocycles. The molecule has 2 heterocycles. The maximum absolute atomic E-state index is 12.0. The molecule has 1 aromatic carbocycles. The monoisotopic (exact) mass is 275 g/mol. The number of aliphatic imine (C=N–C) groups is 1. The van der Waals surface area contributed by atoms with Crippen LogP contribution in [0.5, 0.6) is 0 Å². The lowest BCUT2D eigenvalue weighted by molar-refractivity contribution is -0.384. The normalized spacial score (nSPS) is 19.8.